The minimum atomic E-state index is -0.748. The van der Waals surface area contributed by atoms with Crippen molar-refractivity contribution in [2.75, 3.05) is 0 Å². The zero-order chi connectivity index (χ0) is 24.4. The van der Waals surface area contributed by atoms with E-state index in [0.717, 1.165) is 62.5 Å². The number of benzene rings is 1. The van der Waals surface area contributed by atoms with Crippen molar-refractivity contribution in [3.63, 3.8) is 0 Å². The van der Waals surface area contributed by atoms with Crippen molar-refractivity contribution < 1.29 is 20.1 Å². The number of unbranched alkanes of at least 4 members (excludes halogenated alkanes) is 5. The molecular formula is C28H43NO4. The molecule has 184 valence electrons. The minimum absolute atomic E-state index is 0.0465. The van der Waals surface area contributed by atoms with Crippen LogP contribution in [0.25, 0.3) is 4.85 Å². The van der Waals surface area contributed by atoms with Crippen LogP contribution in [0.1, 0.15) is 108 Å². The van der Waals surface area contributed by atoms with Gasteiger partial charge in [0.2, 0.25) is 6.04 Å². The number of aliphatic carboxylic acids is 1. The van der Waals surface area contributed by atoms with Crippen LogP contribution in [-0.4, -0.2) is 39.5 Å². The summed E-state index contributed by atoms with van der Waals surface area (Å²) in [5.74, 6) is -0.674. The van der Waals surface area contributed by atoms with E-state index < -0.39 is 18.2 Å². The van der Waals surface area contributed by atoms with Crippen LogP contribution < -0.4 is 0 Å². The summed E-state index contributed by atoms with van der Waals surface area (Å²) in [6.45, 7) is 14.0. The van der Waals surface area contributed by atoms with Gasteiger partial charge in [0.05, 0.1) is 12.2 Å². The molecule has 1 aliphatic carbocycles. The second-order valence-corrected chi connectivity index (χ2v) is 10.4. The molecule has 2 rings (SSSR count). The fourth-order valence-corrected chi connectivity index (χ4v) is 5.37. The van der Waals surface area contributed by atoms with Crippen molar-refractivity contribution in [1.29, 1.82) is 0 Å². The van der Waals surface area contributed by atoms with Crippen LogP contribution in [0.4, 0.5) is 0 Å². The molecule has 0 amide bonds. The highest BCUT2D eigenvalue weighted by Crippen LogP contribution is 2.45. The lowest BCUT2D eigenvalue weighted by Crippen LogP contribution is -2.33. The van der Waals surface area contributed by atoms with E-state index >= 15 is 0 Å². The normalized spacial score (nSPS) is 23.9. The van der Waals surface area contributed by atoms with E-state index in [1.54, 1.807) is 0 Å². The summed E-state index contributed by atoms with van der Waals surface area (Å²) in [6.07, 6.45) is 8.29. The Hall–Kier alpha value is -1.90. The third-order valence-electron chi connectivity index (χ3n) is 7.65. The number of aliphatic hydroxyl groups excluding tert-OH is 2. The molecule has 0 aromatic heterocycles. The molecule has 0 bridgehead atoms. The first-order valence-corrected chi connectivity index (χ1v) is 12.8. The van der Waals surface area contributed by atoms with Crippen LogP contribution in [0.3, 0.4) is 0 Å². The van der Waals surface area contributed by atoms with Crippen LogP contribution >= 0.6 is 0 Å². The summed E-state index contributed by atoms with van der Waals surface area (Å²) in [4.78, 5) is 14.5. The number of nitrogens with zero attached hydrogens (tertiary/aromatic N) is 1. The molecule has 1 fully saturated rings. The Morgan fingerprint density at radius 1 is 1.12 bits per heavy atom. The summed E-state index contributed by atoms with van der Waals surface area (Å²) in [6, 6.07) is 8.16. The van der Waals surface area contributed by atoms with Gasteiger partial charge in [0, 0.05) is 30.1 Å². The minimum Gasteiger partial charge on any atom is -0.481 e. The Kier molecular flexibility index (Phi) is 10.9. The molecule has 1 aromatic rings. The standard InChI is InChI=1S/C28H43NO4/c1-5-6-9-13-25(31)28(2,3)21-17-15-20(16-18-21)27-22(23(29-4)19-24(27)30)12-10-7-8-11-14-26(32)33/h15-18,22-25,27,30-31H,5-14,19H2,1-3H3,(H,32,33)/t22?,23-,24-,25?,27?/m1/s1. The van der Waals surface area contributed by atoms with Gasteiger partial charge in [-0.15, -0.1) is 0 Å². The second kappa shape index (κ2) is 13.1. The number of rotatable bonds is 14. The topological polar surface area (TPSA) is 82.1 Å². The van der Waals surface area contributed by atoms with Gasteiger partial charge < -0.3 is 20.2 Å². The zero-order valence-electron chi connectivity index (χ0n) is 20.7. The smallest absolute Gasteiger partial charge is 0.303 e. The van der Waals surface area contributed by atoms with Crippen molar-refractivity contribution in [1.82, 2.24) is 0 Å². The van der Waals surface area contributed by atoms with Crippen LogP contribution in [0.5, 0.6) is 0 Å². The van der Waals surface area contributed by atoms with Crippen molar-refractivity contribution in [3.8, 4) is 0 Å². The summed E-state index contributed by atoms with van der Waals surface area (Å²) < 4.78 is 0. The largest absolute Gasteiger partial charge is 0.481 e. The predicted molar refractivity (Wildman–Crippen MR) is 132 cm³/mol. The molecule has 5 atom stereocenters. The lowest BCUT2D eigenvalue weighted by Gasteiger charge is -2.32. The maximum absolute atomic E-state index is 10.8. The number of carboxylic acids is 1. The fourth-order valence-electron chi connectivity index (χ4n) is 5.37. The van der Waals surface area contributed by atoms with Gasteiger partial charge >= 0.3 is 5.97 Å². The molecule has 5 heteroatoms. The number of carbonyl (C=O) groups is 1. The van der Waals surface area contributed by atoms with Crippen LogP contribution in [0, 0.1) is 12.5 Å². The Morgan fingerprint density at radius 3 is 2.39 bits per heavy atom. The van der Waals surface area contributed by atoms with Crippen molar-refractivity contribution in [2.24, 2.45) is 5.92 Å². The summed E-state index contributed by atoms with van der Waals surface area (Å²) in [5.41, 5.74) is 1.83. The van der Waals surface area contributed by atoms with Gasteiger partial charge in [-0.1, -0.05) is 83.6 Å². The molecule has 0 heterocycles. The molecule has 3 unspecified atom stereocenters. The maximum Gasteiger partial charge on any atom is 0.303 e. The number of hydrogen-bond acceptors (Lipinski definition) is 3. The lowest BCUT2D eigenvalue weighted by atomic mass is 9.76. The van der Waals surface area contributed by atoms with Gasteiger partial charge in [-0.25, -0.2) is 6.57 Å². The van der Waals surface area contributed by atoms with Crippen LogP contribution in [-0.2, 0) is 10.2 Å². The monoisotopic (exact) mass is 457 g/mol. The first-order chi connectivity index (χ1) is 15.7. The molecule has 3 N–H and O–H groups in total. The third-order valence-corrected chi connectivity index (χ3v) is 7.65. The Bertz CT molecular complexity index is 767. The molecule has 5 nitrogen and oxygen atoms in total. The van der Waals surface area contributed by atoms with Gasteiger partial charge in [-0.05, 0) is 30.4 Å². The predicted octanol–water partition coefficient (Wildman–Crippen LogP) is 6.08. The van der Waals surface area contributed by atoms with E-state index in [0.29, 0.717) is 12.8 Å². The van der Waals surface area contributed by atoms with Gasteiger partial charge in [0.1, 0.15) is 0 Å². The van der Waals surface area contributed by atoms with Crippen LogP contribution in [0.2, 0.25) is 0 Å². The van der Waals surface area contributed by atoms with Crippen molar-refractivity contribution in [2.45, 2.75) is 121 Å². The molecular weight excluding hydrogens is 414 g/mol. The zero-order valence-corrected chi connectivity index (χ0v) is 20.7. The van der Waals surface area contributed by atoms with Gasteiger partial charge in [0.25, 0.3) is 0 Å². The fraction of sp³-hybridized carbons (Fsp3) is 0.714. The highest BCUT2D eigenvalue weighted by molar-refractivity contribution is 5.66. The molecule has 0 saturated heterocycles. The third kappa shape index (κ3) is 7.55. The lowest BCUT2D eigenvalue weighted by molar-refractivity contribution is -0.137. The summed E-state index contributed by atoms with van der Waals surface area (Å²) >= 11 is 0. The first kappa shape index (κ1) is 27.3. The number of carboxylic acid groups (broad SMARTS) is 1. The molecule has 1 aliphatic rings. The maximum atomic E-state index is 10.8. The average molecular weight is 458 g/mol. The summed E-state index contributed by atoms with van der Waals surface area (Å²) in [5, 5.41) is 30.4. The van der Waals surface area contributed by atoms with E-state index in [1.807, 2.05) is 0 Å². The molecule has 33 heavy (non-hydrogen) atoms. The van der Waals surface area contributed by atoms with E-state index in [-0.39, 0.29) is 29.7 Å². The van der Waals surface area contributed by atoms with Gasteiger partial charge in [-0.3, -0.25) is 4.79 Å². The first-order valence-electron chi connectivity index (χ1n) is 12.8. The van der Waals surface area contributed by atoms with E-state index in [1.165, 1.54) is 0 Å². The number of aliphatic hydroxyl groups is 2. The van der Waals surface area contributed by atoms with Crippen molar-refractivity contribution in [3.05, 3.63) is 46.8 Å². The average Bonchev–Trinajstić information content (AvgIpc) is 3.11. The van der Waals surface area contributed by atoms with E-state index in [2.05, 4.69) is 49.9 Å². The van der Waals surface area contributed by atoms with Gasteiger partial charge in [-0.2, -0.15) is 0 Å². The van der Waals surface area contributed by atoms with Crippen molar-refractivity contribution >= 4 is 5.97 Å². The molecule has 0 aliphatic heterocycles. The molecule has 0 radical (unpaired) electrons. The highest BCUT2D eigenvalue weighted by atomic mass is 16.4. The van der Waals surface area contributed by atoms with E-state index in [9.17, 15) is 15.0 Å². The Labute approximate surface area is 200 Å². The van der Waals surface area contributed by atoms with Gasteiger partial charge in [0.15, 0.2) is 0 Å². The Balaban J connectivity index is 2.05. The second-order valence-electron chi connectivity index (χ2n) is 10.4. The van der Waals surface area contributed by atoms with E-state index in [4.69, 9.17) is 11.7 Å². The SMILES string of the molecule is [C-]#[N+][C@@H]1C[C@@H](O)C(c2ccc(C(C)(C)C(O)CCCCC)cc2)C1CCCCCCC(=O)O. The Morgan fingerprint density at radius 2 is 1.79 bits per heavy atom. The molecule has 1 aromatic carbocycles. The molecule has 0 spiro atoms. The number of hydrogen-bond donors (Lipinski definition) is 3. The van der Waals surface area contributed by atoms with Crippen LogP contribution in [0.15, 0.2) is 24.3 Å². The quantitative estimate of drug-likeness (QED) is 0.233. The highest BCUT2D eigenvalue weighted by Gasteiger charge is 2.46. The molecule has 1 saturated carbocycles. The summed E-state index contributed by atoms with van der Waals surface area (Å²) in [7, 11) is 0.